The summed E-state index contributed by atoms with van der Waals surface area (Å²) < 4.78 is 29.3. The molecule has 0 radical (unpaired) electrons. The van der Waals surface area contributed by atoms with Gasteiger partial charge in [-0.25, -0.2) is 8.78 Å². The molecule has 1 fully saturated rings. The Bertz CT molecular complexity index is 668. The lowest BCUT2D eigenvalue weighted by molar-refractivity contribution is 0.460. The molecule has 0 aliphatic heterocycles. The molecule has 2 nitrogen and oxygen atoms in total. The van der Waals surface area contributed by atoms with Crippen LogP contribution in [0.1, 0.15) is 38.5 Å². The van der Waals surface area contributed by atoms with Gasteiger partial charge in [0.1, 0.15) is 11.3 Å². The minimum atomic E-state index is -0.583. The zero-order valence-corrected chi connectivity index (χ0v) is 12.1. The lowest BCUT2D eigenvalue weighted by Gasteiger charge is -2.09. The molecule has 1 N–H and O–H groups in total. The Hall–Kier alpha value is -1.23. The van der Waals surface area contributed by atoms with Crippen LogP contribution in [-0.2, 0) is 6.54 Å². The number of hydrogen-bond donors (Lipinski definition) is 1. The predicted octanol–water partition coefficient (Wildman–Crippen LogP) is 4.95. The van der Waals surface area contributed by atoms with Crippen LogP contribution in [0.15, 0.2) is 12.1 Å². The molecule has 0 amide bonds. The van der Waals surface area contributed by atoms with Crippen LogP contribution in [0.5, 0.6) is 0 Å². The summed E-state index contributed by atoms with van der Waals surface area (Å²) in [6.45, 7) is 0.720. The molecule has 1 aliphatic carbocycles. The van der Waals surface area contributed by atoms with E-state index in [0.29, 0.717) is 15.8 Å². The lowest BCUT2D eigenvalue weighted by atomic mass is 10.0. The zero-order chi connectivity index (χ0) is 14.1. The number of aryl methyl sites for hydroxylation is 1. The molecule has 5 heteroatoms. The standard InChI is InChI=1S/C15H18F2N2S/c16-11-8-12(17)14-13(9-11)19(15(20)18-14)7-3-6-10-4-1-2-5-10/h8-10H,1-7H2,(H,18,20). The van der Waals surface area contributed by atoms with Crippen LogP contribution in [-0.4, -0.2) is 9.55 Å². The number of halogens is 2. The number of nitrogens with zero attached hydrogens (tertiary/aromatic N) is 1. The van der Waals surface area contributed by atoms with E-state index in [1.807, 2.05) is 4.57 Å². The molecule has 3 rings (SSSR count). The number of H-pyrrole nitrogens is 1. The van der Waals surface area contributed by atoms with E-state index in [1.54, 1.807) is 0 Å². The first kappa shape index (κ1) is 13.7. The van der Waals surface area contributed by atoms with E-state index in [9.17, 15) is 8.78 Å². The van der Waals surface area contributed by atoms with Crippen molar-refractivity contribution in [2.45, 2.75) is 45.1 Å². The van der Waals surface area contributed by atoms with Gasteiger partial charge in [-0.3, -0.25) is 0 Å². The maximum absolute atomic E-state index is 13.7. The second kappa shape index (κ2) is 5.64. The summed E-state index contributed by atoms with van der Waals surface area (Å²) in [5.74, 6) is -0.322. The van der Waals surface area contributed by atoms with Crippen molar-refractivity contribution in [1.82, 2.24) is 9.55 Å². The van der Waals surface area contributed by atoms with E-state index in [2.05, 4.69) is 4.98 Å². The quantitative estimate of drug-likeness (QED) is 0.792. The number of hydrogen-bond acceptors (Lipinski definition) is 1. The Morgan fingerprint density at radius 2 is 2.00 bits per heavy atom. The molecule has 0 bridgehead atoms. The van der Waals surface area contributed by atoms with E-state index >= 15 is 0 Å². The minimum Gasteiger partial charge on any atom is -0.328 e. The summed E-state index contributed by atoms with van der Waals surface area (Å²) in [5, 5.41) is 0. The number of nitrogens with one attached hydrogen (secondary N) is 1. The van der Waals surface area contributed by atoms with Gasteiger partial charge in [0.25, 0.3) is 0 Å². The number of rotatable bonds is 4. The van der Waals surface area contributed by atoms with E-state index in [4.69, 9.17) is 12.2 Å². The SMILES string of the molecule is Fc1cc(F)c2[nH]c(=S)n(CCCC3CCCC3)c2c1. The van der Waals surface area contributed by atoms with Crippen molar-refractivity contribution in [2.24, 2.45) is 5.92 Å². The van der Waals surface area contributed by atoms with Crippen LogP contribution >= 0.6 is 12.2 Å². The molecule has 0 spiro atoms. The average molecular weight is 296 g/mol. The normalized spacial score (nSPS) is 16.3. The molecular weight excluding hydrogens is 278 g/mol. The van der Waals surface area contributed by atoms with Crippen LogP contribution in [0.4, 0.5) is 8.78 Å². The molecule has 0 unspecified atom stereocenters. The van der Waals surface area contributed by atoms with Gasteiger partial charge in [-0.1, -0.05) is 25.7 Å². The Labute approximate surface area is 121 Å². The Morgan fingerprint density at radius 1 is 1.25 bits per heavy atom. The highest BCUT2D eigenvalue weighted by Crippen LogP contribution is 2.29. The van der Waals surface area contributed by atoms with E-state index in [-0.39, 0.29) is 0 Å². The van der Waals surface area contributed by atoms with Gasteiger partial charge in [-0.2, -0.15) is 0 Å². The summed E-state index contributed by atoms with van der Waals surface area (Å²) in [6, 6.07) is 2.23. The predicted molar refractivity (Wildman–Crippen MR) is 78.2 cm³/mol. The van der Waals surface area contributed by atoms with Gasteiger partial charge in [0.2, 0.25) is 0 Å². The Kier molecular flexibility index (Phi) is 3.87. The van der Waals surface area contributed by atoms with Gasteiger partial charge in [0.15, 0.2) is 10.6 Å². The van der Waals surface area contributed by atoms with E-state index in [0.717, 1.165) is 24.9 Å². The van der Waals surface area contributed by atoms with Crippen molar-refractivity contribution in [2.75, 3.05) is 0 Å². The van der Waals surface area contributed by atoms with Gasteiger partial charge in [-0.05, 0) is 37.0 Å². The van der Waals surface area contributed by atoms with Gasteiger partial charge in [-0.15, -0.1) is 0 Å². The van der Waals surface area contributed by atoms with Crippen molar-refractivity contribution >= 4 is 23.3 Å². The number of imidazole rings is 1. The minimum absolute atomic E-state index is 0.303. The average Bonchev–Trinajstić information content (AvgIpc) is 3.00. The monoisotopic (exact) mass is 296 g/mol. The van der Waals surface area contributed by atoms with Crippen LogP contribution in [0.25, 0.3) is 11.0 Å². The second-order valence-corrected chi connectivity index (χ2v) is 6.04. The fraction of sp³-hybridized carbons (Fsp3) is 0.533. The molecule has 1 heterocycles. The van der Waals surface area contributed by atoms with Crippen LogP contribution < -0.4 is 0 Å². The first-order valence-corrected chi connectivity index (χ1v) is 7.63. The summed E-state index contributed by atoms with van der Waals surface area (Å²) >= 11 is 5.22. The van der Waals surface area contributed by atoms with Crippen molar-refractivity contribution in [3.63, 3.8) is 0 Å². The highest BCUT2D eigenvalue weighted by Gasteiger charge is 2.15. The molecule has 1 aliphatic rings. The van der Waals surface area contributed by atoms with Crippen molar-refractivity contribution in [1.29, 1.82) is 0 Å². The third-order valence-electron chi connectivity index (χ3n) is 4.27. The largest absolute Gasteiger partial charge is 0.328 e. The van der Waals surface area contributed by atoms with Crippen molar-refractivity contribution in [3.05, 3.63) is 28.5 Å². The summed E-state index contributed by atoms with van der Waals surface area (Å²) in [7, 11) is 0. The Balaban J connectivity index is 1.80. The number of aromatic amines is 1. The first-order chi connectivity index (χ1) is 9.65. The summed E-state index contributed by atoms with van der Waals surface area (Å²) in [6.07, 6.45) is 7.50. The number of aromatic nitrogens is 2. The maximum Gasteiger partial charge on any atom is 0.178 e. The Morgan fingerprint density at radius 3 is 2.75 bits per heavy atom. The van der Waals surface area contributed by atoms with Crippen LogP contribution in [0.2, 0.25) is 0 Å². The van der Waals surface area contributed by atoms with Crippen molar-refractivity contribution < 1.29 is 8.78 Å². The molecule has 2 aromatic rings. The second-order valence-electron chi connectivity index (χ2n) is 5.66. The maximum atomic E-state index is 13.7. The van der Waals surface area contributed by atoms with Crippen LogP contribution in [0, 0.1) is 22.3 Å². The highest BCUT2D eigenvalue weighted by atomic mass is 32.1. The highest BCUT2D eigenvalue weighted by molar-refractivity contribution is 7.71. The molecular formula is C15H18F2N2S. The fourth-order valence-electron chi connectivity index (χ4n) is 3.24. The summed E-state index contributed by atoms with van der Waals surface area (Å²) in [4.78, 5) is 2.84. The fourth-order valence-corrected chi connectivity index (χ4v) is 3.53. The molecule has 20 heavy (non-hydrogen) atoms. The van der Waals surface area contributed by atoms with Gasteiger partial charge < -0.3 is 9.55 Å². The van der Waals surface area contributed by atoms with Gasteiger partial charge in [0.05, 0.1) is 5.52 Å². The topological polar surface area (TPSA) is 20.7 Å². The molecule has 1 aromatic heterocycles. The van der Waals surface area contributed by atoms with Crippen molar-refractivity contribution in [3.8, 4) is 0 Å². The van der Waals surface area contributed by atoms with E-state index in [1.165, 1.54) is 38.2 Å². The molecule has 0 atom stereocenters. The smallest absolute Gasteiger partial charge is 0.178 e. The lowest BCUT2D eigenvalue weighted by Crippen LogP contribution is -2.01. The van der Waals surface area contributed by atoms with E-state index < -0.39 is 11.6 Å². The van der Waals surface area contributed by atoms with Crippen LogP contribution in [0.3, 0.4) is 0 Å². The third kappa shape index (κ3) is 2.64. The molecule has 108 valence electrons. The third-order valence-corrected chi connectivity index (χ3v) is 4.59. The number of fused-ring (bicyclic) bond motifs is 1. The number of benzene rings is 1. The molecule has 0 saturated heterocycles. The van der Waals surface area contributed by atoms with Gasteiger partial charge in [0, 0.05) is 12.6 Å². The van der Waals surface area contributed by atoms with Gasteiger partial charge >= 0.3 is 0 Å². The molecule has 1 saturated carbocycles. The first-order valence-electron chi connectivity index (χ1n) is 7.22. The zero-order valence-electron chi connectivity index (χ0n) is 11.3. The summed E-state index contributed by atoms with van der Waals surface area (Å²) in [5.41, 5.74) is 0.830. The molecule has 1 aromatic carbocycles.